The third-order valence-electron chi connectivity index (χ3n) is 4.40. The molecule has 0 aliphatic carbocycles. The highest BCUT2D eigenvalue weighted by Gasteiger charge is 2.22. The van der Waals surface area contributed by atoms with Crippen LogP contribution in [0.1, 0.15) is 27.5 Å². The molecule has 0 fully saturated rings. The molecule has 0 spiro atoms. The minimum atomic E-state index is -0.265. The minimum absolute atomic E-state index is 0.229. The number of benzene rings is 3. The summed E-state index contributed by atoms with van der Waals surface area (Å²) in [5, 5.41) is 7.15. The maximum absolute atomic E-state index is 13.0. The normalized spacial score (nSPS) is 10.7. The summed E-state index contributed by atoms with van der Waals surface area (Å²) in [7, 11) is 0. The molecule has 27 heavy (non-hydrogen) atoms. The summed E-state index contributed by atoms with van der Waals surface area (Å²) in [6.07, 6.45) is 1.39. The highest BCUT2D eigenvalue weighted by molar-refractivity contribution is 5.99. The Labute approximate surface area is 157 Å². The average Bonchev–Trinajstić information content (AvgIpc) is 3.24. The van der Waals surface area contributed by atoms with E-state index in [0.717, 1.165) is 16.7 Å². The van der Waals surface area contributed by atoms with Gasteiger partial charge in [-0.1, -0.05) is 96.2 Å². The fourth-order valence-electron chi connectivity index (χ4n) is 3.06. The number of hydrogen-bond acceptors (Lipinski definition) is 3. The molecule has 0 aliphatic heterocycles. The van der Waals surface area contributed by atoms with E-state index in [1.165, 1.54) is 6.26 Å². The van der Waals surface area contributed by atoms with Crippen molar-refractivity contribution in [1.82, 2.24) is 10.5 Å². The standard InChI is InChI=1S/C23H18N2O2/c26-23(20-16-27-25-22(20)19-14-8-3-9-15-19)24-21(17-10-4-1-5-11-17)18-12-6-2-7-13-18/h1-16,21H,(H,24,26). The summed E-state index contributed by atoms with van der Waals surface area (Å²) in [6, 6.07) is 29.1. The maximum Gasteiger partial charge on any atom is 0.257 e. The molecule has 1 aromatic heterocycles. The van der Waals surface area contributed by atoms with Crippen molar-refractivity contribution in [2.75, 3.05) is 0 Å². The molecule has 0 aliphatic rings. The highest BCUT2D eigenvalue weighted by Crippen LogP contribution is 2.25. The van der Waals surface area contributed by atoms with E-state index in [2.05, 4.69) is 10.5 Å². The van der Waals surface area contributed by atoms with Crippen molar-refractivity contribution in [3.63, 3.8) is 0 Å². The Balaban J connectivity index is 1.67. The van der Waals surface area contributed by atoms with E-state index in [-0.39, 0.29) is 11.9 Å². The molecule has 0 saturated carbocycles. The molecule has 0 unspecified atom stereocenters. The molecule has 3 aromatic carbocycles. The van der Waals surface area contributed by atoms with Crippen LogP contribution in [-0.2, 0) is 0 Å². The third-order valence-corrected chi connectivity index (χ3v) is 4.40. The quantitative estimate of drug-likeness (QED) is 0.557. The van der Waals surface area contributed by atoms with E-state index < -0.39 is 0 Å². The Morgan fingerprint density at radius 1 is 0.778 bits per heavy atom. The molecule has 1 N–H and O–H groups in total. The van der Waals surface area contributed by atoms with E-state index >= 15 is 0 Å². The van der Waals surface area contributed by atoms with Gasteiger partial charge in [0.05, 0.1) is 6.04 Å². The second-order valence-electron chi connectivity index (χ2n) is 6.17. The predicted molar refractivity (Wildman–Crippen MR) is 104 cm³/mol. The molecule has 132 valence electrons. The second kappa shape index (κ2) is 7.70. The number of amides is 1. The Kier molecular flexibility index (Phi) is 4.79. The summed E-state index contributed by atoms with van der Waals surface area (Å²) in [5.41, 5.74) is 3.81. The van der Waals surface area contributed by atoms with Gasteiger partial charge in [0.2, 0.25) is 0 Å². The Hall–Kier alpha value is -3.66. The first-order valence-corrected chi connectivity index (χ1v) is 8.73. The van der Waals surface area contributed by atoms with Gasteiger partial charge in [-0.05, 0) is 11.1 Å². The monoisotopic (exact) mass is 354 g/mol. The van der Waals surface area contributed by atoms with Crippen molar-refractivity contribution in [3.05, 3.63) is 114 Å². The van der Waals surface area contributed by atoms with Gasteiger partial charge >= 0.3 is 0 Å². The summed E-state index contributed by atoms with van der Waals surface area (Å²) >= 11 is 0. The molecule has 0 bridgehead atoms. The lowest BCUT2D eigenvalue weighted by Gasteiger charge is -2.19. The largest absolute Gasteiger partial charge is 0.363 e. The molecule has 0 radical (unpaired) electrons. The summed E-state index contributed by atoms with van der Waals surface area (Å²) in [5.74, 6) is -0.229. The van der Waals surface area contributed by atoms with Crippen LogP contribution < -0.4 is 5.32 Å². The topological polar surface area (TPSA) is 55.1 Å². The van der Waals surface area contributed by atoms with Gasteiger partial charge in [0.25, 0.3) is 5.91 Å². The van der Waals surface area contributed by atoms with E-state index in [0.29, 0.717) is 11.3 Å². The average molecular weight is 354 g/mol. The number of nitrogens with zero attached hydrogens (tertiary/aromatic N) is 1. The van der Waals surface area contributed by atoms with Crippen LogP contribution in [0.3, 0.4) is 0 Å². The first kappa shape index (κ1) is 16.8. The molecule has 1 heterocycles. The van der Waals surface area contributed by atoms with E-state index in [4.69, 9.17) is 4.52 Å². The third kappa shape index (κ3) is 3.65. The van der Waals surface area contributed by atoms with Crippen molar-refractivity contribution in [3.8, 4) is 11.3 Å². The van der Waals surface area contributed by atoms with Gasteiger partial charge in [0.15, 0.2) is 0 Å². The minimum Gasteiger partial charge on any atom is -0.363 e. The zero-order valence-electron chi connectivity index (χ0n) is 14.6. The molecular formula is C23H18N2O2. The van der Waals surface area contributed by atoms with Crippen molar-refractivity contribution in [2.45, 2.75) is 6.04 Å². The number of hydrogen-bond donors (Lipinski definition) is 1. The van der Waals surface area contributed by atoms with E-state index in [1.54, 1.807) is 0 Å². The fourth-order valence-corrected chi connectivity index (χ4v) is 3.06. The Bertz CT molecular complexity index is 972. The number of nitrogens with one attached hydrogen (secondary N) is 1. The van der Waals surface area contributed by atoms with Crippen molar-refractivity contribution in [1.29, 1.82) is 0 Å². The van der Waals surface area contributed by atoms with Crippen LogP contribution in [0.25, 0.3) is 11.3 Å². The lowest BCUT2D eigenvalue weighted by molar-refractivity contribution is 0.0943. The van der Waals surface area contributed by atoms with E-state index in [9.17, 15) is 4.79 Å². The molecule has 0 saturated heterocycles. The van der Waals surface area contributed by atoms with Crippen molar-refractivity contribution in [2.24, 2.45) is 0 Å². The Morgan fingerprint density at radius 2 is 1.30 bits per heavy atom. The first-order valence-electron chi connectivity index (χ1n) is 8.73. The molecule has 4 heteroatoms. The molecule has 1 amide bonds. The maximum atomic E-state index is 13.0. The SMILES string of the molecule is O=C(NC(c1ccccc1)c1ccccc1)c1conc1-c1ccccc1. The summed E-state index contributed by atoms with van der Waals surface area (Å²) in [4.78, 5) is 13.0. The van der Waals surface area contributed by atoms with Gasteiger partial charge in [-0.3, -0.25) is 4.79 Å². The van der Waals surface area contributed by atoms with Gasteiger partial charge in [-0.15, -0.1) is 0 Å². The van der Waals surface area contributed by atoms with Crippen LogP contribution >= 0.6 is 0 Å². The molecular weight excluding hydrogens is 336 g/mol. The van der Waals surface area contributed by atoms with Gasteiger partial charge in [-0.25, -0.2) is 0 Å². The van der Waals surface area contributed by atoms with Crippen LogP contribution in [-0.4, -0.2) is 11.1 Å². The van der Waals surface area contributed by atoms with Gasteiger partial charge < -0.3 is 9.84 Å². The molecule has 4 nitrogen and oxygen atoms in total. The van der Waals surface area contributed by atoms with Crippen LogP contribution in [0.5, 0.6) is 0 Å². The first-order chi connectivity index (χ1) is 13.3. The summed E-state index contributed by atoms with van der Waals surface area (Å²) in [6.45, 7) is 0. The summed E-state index contributed by atoms with van der Waals surface area (Å²) < 4.78 is 5.10. The van der Waals surface area contributed by atoms with Crippen LogP contribution in [0.2, 0.25) is 0 Å². The smallest absolute Gasteiger partial charge is 0.257 e. The fraction of sp³-hybridized carbons (Fsp3) is 0.0435. The van der Waals surface area contributed by atoms with Crippen LogP contribution in [0.15, 0.2) is 102 Å². The van der Waals surface area contributed by atoms with Gasteiger partial charge in [0, 0.05) is 5.56 Å². The Morgan fingerprint density at radius 3 is 1.85 bits per heavy atom. The number of rotatable bonds is 5. The number of aromatic nitrogens is 1. The molecule has 4 aromatic rings. The second-order valence-corrected chi connectivity index (χ2v) is 6.17. The molecule has 0 atom stereocenters. The zero-order chi connectivity index (χ0) is 18.5. The van der Waals surface area contributed by atoms with E-state index in [1.807, 2.05) is 91.0 Å². The molecule has 4 rings (SSSR count). The van der Waals surface area contributed by atoms with Crippen LogP contribution in [0, 0.1) is 0 Å². The lowest BCUT2D eigenvalue weighted by atomic mass is 9.98. The van der Waals surface area contributed by atoms with Crippen molar-refractivity contribution >= 4 is 5.91 Å². The van der Waals surface area contributed by atoms with Gasteiger partial charge in [0.1, 0.15) is 17.5 Å². The number of carbonyl (C=O) groups is 1. The van der Waals surface area contributed by atoms with Crippen LogP contribution in [0.4, 0.5) is 0 Å². The van der Waals surface area contributed by atoms with Gasteiger partial charge in [-0.2, -0.15) is 0 Å². The van der Waals surface area contributed by atoms with Crippen molar-refractivity contribution < 1.29 is 9.32 Å². The predicted octanol–water partition coefficient (Wildman–Crippen LogP) is 4.86. The number of carbonyl (C=O) groups excluding carboxylic acids is 1. The lowest BCUT2D eigenvalue weighted by Crippen LogP contribution is -2.29. The zero-order valence-corrected chi connectivity index (χ0v) is 14.6. The highest BCUT2D eigenvalue weighted by atomic mass is 16.5.